The number of likely N-dealkylation sites (N-methyl/N-ethyl adjacent to an activating group) is 1. The van der Waals surface area contributed by atoms with E-state index in [1.54, 1.807) is 23.5 Å². The lowest BCUT2D eigenvalue weighted by Crippen LogP contribution is -2.37. The monoisotopic (exact) mass is 313 g/mol. The third kappa shape index (κ3) is 3.59. The second-order valence-electron chi connectivity index (χ2n) is 5.62. The fourth-order valence-corrected chi connectivity index (χ4v) is 2.47. The Balaban J connectivity index is 1.61. The van der Waals surface area contributed by atoms with E-state index in [1.165, 1.54) is 0 Å². The van der Waals surface area contributed by atoms with Gasteiger partial charge >= 0.3 is 0 Å². The lowest BCUT2D eigenvalue weighted by molar-refractivity contribution is -0.130. The third-order valence-corrected chi connectivity index (χ3v) is 3.97. The van der Waals surface area contributed by atoms with Gasteiger partial charge in [0.05, 0.1) is 12.1 Å². The summed E-state index contributed by atoms with van der Waals surface area (Å²) in [5.74, 6) is 1.48. The lowest BCUT2D eigenvalue weighted by atomic mass is 10.1. The second-order valence-corrected chi connectivity index (χ2v) is 5.62. The summed E-state index contributed by atoms with van der Waals surface area (Å²) in [6.45, 7) is 2.24. The molecule has 0 N–H and O–H groups in total. The van der Waals surface area contributed by atoms with Crippen LogP contribution >= 0.6 is 0 Å². The molecule has 120 valence electrons. The first kappa shape index (κ1) is 15.3. The van der Waals surface area contributed by atoms with E-state index in [1.807, 2.05) is 32.2 Å². The van der Waals surface area contributed by atoms with Gasteiger partial charge in [-0.15, -0.1) is 0 Å². The van der Waals surface area contributed by atoms with Crippen LogP contribution in [-0.4, -0.2) is 40.7 Å². The topological polar surface area (TPSA) is 64.6 Å². The highest BCUT2D eigenvalue weighted by Crippen LogP contribution is 2.32. The maximum absolute atomic E-state index is 12.5. The molecule has 1 atom stereocenters. The first-order valence-electron chi connectivity index (χ1n) is 7.52. The van der Waals surface area contributed by atoms with Gasteiger partial charge in [0.25, 0.3) is 0 Å². The van der Waals surface area contributed by atoms with Crippen LogP contribution in [0.3, 0.4) is 0 Å². The molecule has 0 saturated heterocycles. The van der Waals surface area contributed by atoms with E-state index in [-0.39, 0.29) is 18.7 Å². The van der Waals surface area contributed by atoms with Gasteiger partial charge in [0.15, 0.2) is 11.5 Å². The molecule has 1 amide bonds. The van der Waals surface area contributed by atoms with Gasteiger partial charge < -0.3 is 14.4 Å². The van der Waals surface area contributed by atoms with Crippen LogP contribution < -0.4 is 9.47 Å². The van der Waals surface area contributed by atoms with Gasteiger partial charge in [-0.25, -0.2) is 0 Å². The van der Waals surface area contributed by atoms with Crippen molar-refractivity contribution in [3.63, 3.8) is 0 Å². The average molecular weight is 313 g/mol. The van der Waals surface area contributed by atoms with Crippen LogP contribution in [0.2, 0.25) is 0 Å². The van der Waals surface area contributed by atoms with Crippen molar-refractivity contribution in [3.05, 3.63) is 48.0 Å². The number of hydrogen-bond donors (Lipinski definition) is 0. The summed E-state index contributed by atoms with van der Waals surface area (Å²) < 4.78 is 10.6. The van der Waals surface area contributed by atoms with E-state index >= 15 is 0 Å². The van der Waals surface area contributed by atoms with Gasteiger partial charge in [-0.05, 0) is 24.6 Å². The predicted octanol–water partition coefficient (Wildman–Crippen LogP) is 1.84. The van der Waals surface area contributed by atoms with Crippen LogP contribution in [-0.2, 0) is 17.6 Å². The van der Waals surface area contributed by atoms with Gasteiger partial charge in [-0.3, -0.25) is 14.8 Å². The fraction of sp³-hybridized carbons (Fsp3) is 0.353. The van der Waals surface area contributed by atoms with Crippen LogP contribution in [0.25, 0.3) is 0 Å². The zero-order valence-electron chi connectivity index (χ0n) is 13.2. The molecule has 1 aliphatic heterocycles. The third-order valence-electron chi connectivity index (χ3n) is 3.97. The van der Waals surface area contributed by atoms with Gasteiger partial charge in [0, 0.05) is 38.1 Å². The number of nitrogens with zero attached hydrogens (tertiary/aromatic N) is 3. The standard InChI is InChI=1S/C17H19N3O3/c1-12(7-14-10-18-5-6-19-14)20(2)17(21)9-13-3-4-15-16(8-13)23-11-22-15/h3-6,8,10,12H,7,9,11H2,1-2H3. The molecule has 0 bridgehead atoms. The van der Waals surface area contributed by atoms with Crippen LogP contribution in [0, 0.1) is 0 Å². The maximum Gasteiger partial charge on any atom is 0.231 e. The highest BCUT2D eigenvalue weighted by atomic mass is 16.7. The Morgan fingerprint density at radius 2 is 2.13 bits per heavy atom. The Morgan fingerprint density at radius 3 is 2.91 bits per heavy atom. The fourth-order valence-electron chi connectivity index (χ4n) is 2.47. The molecule has 0 spiro atoms. The molecule has 1 aromatic heterocycles. The molecule has 6 heteroatoms. The smallest absolute Gasteiger partial charge is 0.231 e. The molecule has 0 aliphatic carbocycles. The molecular weight excluding hydrogens is 294 g/mol. The first-order valence-corrected chi connectivity index (χ1v) is 7.52. The highest BCUT2D eigenvalue weighted by molar-refractivity contribution is 5.79. The maximum atomic E-state index is 12.5. The van der Waals surface area contributed by atoms with Crippen LogP contribution in [0.1, 0.15) is 18.2 Å². The summed E-state index contributed by atoms with van der Waals surface area (Å²) in [5.41, 5.74) is 1.79. The van der Waals surface area contributed by atoms with Gasteiger partial charge in [-0.1, -0.05) is 6.07 Å². The van der Waals surface area contributed by atoms with Crippen molar-refractivity contribution < 1.29 is 14.3 Å². The van der Waals surface area contributed by atoms with Crippen molar-refractivity contribution in [1.82, 2.24) is 14.9 Å². The predicted molar refractivity (Wildman–Crippen MR) is 84.2 cm³/mol. The summed E-state index contributed by atoms with van der Waals surface area (Å²) in [5, 5.41) is 0. The average Bonchev–Trinajstić information content (AvgIpc) is 3.02. The Kier molecular flexibility index (Phi) is 4.41. The number of fused-ring (bicyclic) bond motifs is 1. The van der Waals surface area contributed by atoms with E-state index in [0.29, 0.717) is 18.6 Å². The molecule has 2 aromatic rings. The number of carbonyl (C=O) groups excluding carboxylic acids is 1. The number of benzene rings is 1. The minimum absolute atomic E-state index is 0.0493. The summed E-state index contributed by atoms with van der Waals surface area (Å²) in [6, 6.07) is 5.65. The van der Waals surface area contributed by atoms with Crippen LogP contribution in [0.4, 0.5) is 0 Å². The van der Waals surface area contributed by atoms with Gasteiger partial charge in [-0.2, -0.15) is 0 Å². The zero-order chi connectivity index (χ0) is 16.2. The Bertz CT molecular complexity index is 691. The molecule has 1 aromatic carbocycles. The quantitative estimate of drug-likeness (QED) is 0.843. The molecule has 1 aliphatic rings. The van der Waals surface area contributed by atoms with E-state index < -0.39 is 0 Å². The Labute approximate surface area is 135 Å². The Morgan fingerprint density at radius 1 is 1.30 bits per heavy atom. The van der Waals surface area contributed by atoms with Crippen LogP contribution in [0.15, 0.2) is 36.8 Å². The van der Waals surface area contributed by atoms with E-state index in [2.05, 4.69) is 9.97 Å². The zero-order valence-corrected chi connectivity index (χ0v) is 13.2. The van der Waals surface area contributed by atoms with Crippen LogP contribution in [0.5, 0.6) is 11.5 Å². The summed E-state index contributed by atoms with van der Waals surface area (Å²) in [4.78, 5) is 22.5. The number of hydrogen-bond acceptors (Lipinski definition) is 5. The van der Waals surface area contributed by atoms with Crippen molar-refractivity contribution in [2.24, 2.45) is 0 Å². The van der Waals surface area contributed by atoms with Crippen molar-refractivity contribution in [1.29, 1.82) is 0 Å². The largest absolute Gasteiger partial charge is 0.454 e. The first-order chi connectivity index (χ1) is 11.1. The normalized spacial score (nSPS) is 13.7. The van der Waals surface area contributed by atoms with Crippen molar-refractivity contribution in [2.75, 3.05) is 13.8 Å². The number of carbonyl (C=O) groups is 1. The minimum Gasteiger partial charge on any atom is -0.454 e. The minimum atomic E-state index is 0.0493. The van der Waals surface area contributed by atoms with Gasteiger partial charge in [0.2, 0.25) is 12.7 Å². The molecule has 0 fully saturated rings. The molecule has 2 heterocycles. The molecular formula is C17H19N3O3. The molecule has 3 rings (SSSR count). The lowest BCUT2D eigenvalue weighted by Gasteiger charge is -2.24. The molecule has 0 saturated carbocycles. The number of amides is 1. The molecule has 0 radical (unpaired) electrons. The highest BCUT2D eigenvalue weighted by Gasteiger charge is 2.19. The van der Waals surface area contributed by atoms with E-state index in [4.69, 9.17) is 9.47 Å². The summed E-state index contributed by atoms with van der Waals surface area (Å²) >= 11 is 0. The number of ether oxygens (including phenoxy) is 2. The molecule has 23 heavy (non-hydrogen) atoms. The number of rotatable bonds is 5. The van der Waals surface area contributed by atoms with E-state index in [0.717, 1.165) is 17.0 Å². The Hall–Kier alpha value is -2.63. The molecule has 1 unspecified atom stereocenters. The number of aromatic nitrogens is 2. The van der Waals surface area contributed by atoms with E-state index in [9.17, 15) is 4.79 Å². The van der Waals surface area contributed by atoms with Crippen molar-refractivity contribution in [3.8, 4) is 11.5 Å². The SMILES string of the molecule is CC(Cc1cnccn1)N(C)C(=O)Cc1ccc2c(c1)OCO2. The second kappa shape index (κ2) is 6.64. The van der Waals surface area contributed by atoms with Crippen molar-refractivity contribution >= 4 is 5.91 Å². The summed E-state index contributed by atoms with van der Waals surface area (Å²) in [6.07, 6.45) is 6.04. The van der Waals surface area contributed by atoms with Gasteiger partial charge in [0.1, 0.15) is 0 Å². The molecule has 6 nitrogen and oxygen atoms in total. The van der Waals surface area contributed by atoms with Crippen molar-refractivity contribution in [2.45, 2.75) is 25.8 Å². The summed E-state index contributed by atoms with van der Waals surface area (Å²) in [7, 11) is 1.82.